The van der Waals surface area contributed by atoms with E-state index in [1.807, 2.05) is 0 Å². The number of thiophene rings is 1. The fourth-order valence-corrected chi connectivity index (χ4v) is 7.08. The van der Waals surface area contributed by atoms with Gasteiger partial charge in [-0.2, -0.15) is 11.3 Å². The first kappa shape index (κ1) is 20.8. The Morgan fingerprint density at radius 1 is 1.00 bits per heavy atom. The zero-order valence-electron chi connectivity index (χ0n) is 16.0. The predicted octanol–water partition coefficient (Wildman–Crippen LogP) is 5.73. The first-order chi connectivity index (χ1) is 10.2. The lowest BCUT2D eigenvalue weighted by Crippen LogP contribution is -2.45. The molecule has 1 rings (SSSR count). The molecule has 1 aromatic rings. The van der Waals surface area contributed by atoms with E-state index < -0.39 is 24.7 Å². The molecular weight excluding hydrogens is 356 g/mol. The van der Waals surface area contributed by atoms with E-state index in [1.54, 1.807) is 11.3 Å². The number of carbonyl (C=O) groups is 1. The molecule has 0 aliphatic rings. The average molecular weight is 389 g/mol. The standard InChI is InChI=1S/C16H32O3SSi3/c1-21(2,3)15(16(17)19-23(7,8)9)14(18-22(4,5)6)13-10-11-20-12-13/h10-12,14-15H,1-9H3/t14-,15+/m1/s1. The normalized spacial score (nSPS) is 16.0. The van der Waals surface area contributed by atoms with Gasteiger partial charge in [-0.1, -0.05) is 19.6 Å². The van der Waals surface area contributed by atoms with Crippen LogP contribution in [0.2, 0.25) is 64.5 Å². The van der Waals surface area contributed by atoms with E-state index in [9.17, 15) is 4.79 Å². The van der Waals surface area contributed by atoms with Crippen molar-refractivity contribution in [3.8, 4) is 0 Å². The minimum Gasteiger partial charge on any atom is -0.520 e. The van der Waals surface area contributed by atoms with Crippen LogP contribution in [0.25, 0.3) is 0 Å². The zero-order valence-corrected chi connectivity index (χ0v) is 19.8. The van der Waals surface area contributed by atoms with Crippen molar-refractivity contribution in [1.29, 1.82) is 0 Å². The summed E-state index contributed by atoms with van der Waals surface area (Å²) in [5.41, 5.74) is 0.952. The number of hydrogen-bond acceptors (Lipinski definition) is 4. The van der Waals surface area contributed by atoms with E-state index in [1.165, 1.54) is 0 Å². The molecular formula is C16H32O3SSi3. The largest absolute Gasteiger partial charge is 0.520 e. The van der Waals surface area contributed by atoms with Crippen molar-refractivity contribution < 1.29 is 13.6 Å². The number of rotatable bonds is 7. The quantitative estimate of drug-likeness (QED) is 0.560. The first-order valence-corrected chi connectivity index (χ1v) is 19.5. The smallest absolute Gasteiger partial charge is 0.295 e. The number of carbonyl (C=O) groups excluding carboxylic acids is 1. The van der Waals surface area contributed by atoms with Gasteiger partial charge in [-0.25, -0.2) is 0 Å². The van der Waals surface area contributed by atoms with Crippen LogP contribution in [-0.4, -0.2) is 30.7 Å². The second-order valence-corrected chi connectivity index (χ2v) is 24.1. The van der Waals surface area contributed by atoms with Gasteiger partial charge in [0.1, 0.15) is 0 Å². The molecule has 1 heterocycles. The molecule has 0 amide bonds. The van der Waals surface area contributed by atoms with Crippen molar-refractivity contribution in [2.45, 2.75) is 70.6 Å². The Morgan fingerprint density at radius 2 is 1.57 bits per heavy atom. The fourth-order valence-electron chi connectivity index (χ4n) is 2.44. The molecule has 0 fully saturated rings. The third-order valence-electron chi connectivity index (χ3n) is 3.25. The molecule has 0 saturated heterocycles. The lowest BCUT2D eigenvalue weighted by molar-refractivity contribution is -0.137. The van der Waals surface area contributed by atoms with Crippen LogP contribution in [0.3, 0.4) is 0 Å². The van der Waals surface area contributed by atoms with Crippen molar-refractivity contribution in [2.75, 3.05) is 0 Å². The van der Waals surface area contributed by atoms with Crippen LogP contribution in [0, 0.1) is 0 Å². The molecule has 3 nitrogen and oxygen atoms in total. The average Bonchev–Trinajstić information content (AvgIpc) is 2.73. The maximum atomic E-state index is 13.0. The molecule has 0 spiro atoms. The molecule has 7 heteroatoms. The molecule has 0 aliphatic heterocycles. The van der Waals surface area contributed by atoms with Gasteiger partial charge in [0.05, 0.1) is 19.7 Å². The summed E-state index contributed by atoms with van der Waals surface area (Å²) in [5.74, 6) is -0.0576. The van der Waals surface area contributed by atoms with E-state index in [4.69, 9.17) is 8.85 Å². The van der Waals surface area contributed by atoms with Crippen LogP contribution in [-0.2, 0) is 13.6 Å². The lowest BCUT2D eigenvalue weighted by Gasteiger charge is -2.38. The highest BCUT2D eigenvalue weighted by atomic mass is 32.1. The van der Waals surface area contributed by atoms with Crippen molar-refractivity contribution in [3.63, 3.8) is 0 Å². The highest BCUT2D eigenvalue weighted by Crippen LogP contribution is 2.42. The van der Waals surface area contributed by atoms with Gasteiger partial charge in [0.25, 0.3) is 5.97 Å². The highest BCUT2D eigenvalue weighted by Gasteiger charge is 2.44. The molecule has 2 atom stereocenters. The van der Waals surface area contributed by atoms with Gasteiger partial charge in [-0.3, -0.25) is 4.79 Å². The van der Waals surface area contributed by atoms with Gasteiger partial charge >= 0.3 is 0 Å². The van der Waals surface area contributed by atoms with Crippen molar-refractivity contribution in [2.24, 2.45) is 0 Å². The summed E-state index contributed by atoms with van der Waals surface area (Å²) in [6.45, 7) is 19.4. The first-order valence-electron chi connectivity index (χ1n) is 8.13. The topological polar surface area (TPSA) is 35.5 Å². The lowest BCUT2D eigenvalue weighted by atomic mass is 10.1. The summed E-state index contributed by atoms with van der Waals surface area (Å²) in [4.78, 5) is 13.0. The van der Waals surface area contributed by atoms with Crippen LogP contribution in [0.5, 0.6) is 0 Å². The summed E-state index contributed by atoms with van der Waals surface area (Å²) < 4.78 is 12.4. The van der Waals surface area contributed by atoms with Gasteiger partial charge in [-0.15, -0.1) is 0 Å². The minimum atomic E-state index is -1.92. The van der Waals surface area contributed by atoms with Crippen LogP contribution in [0.15, 0.2) is 16.8 Å². The van der Waals surface area contributed by atoms with Crippen LogP contribution in [0.4, 0.5) is 0 Å². The Kier molecular flexibility index (Phi) is 6.65. The molecule has 0 N–H and O–H groups in total. The predicted molar refractivity (Wildman–Crippen MR) is 108 cm³/mol. The van der Waals surface area contributed by atoms with E-state index in [0.29, 0.717) is 0 Å². The molecule has 0 saturated carbocycles. The summed E-state index contributed by atoms with van der Waals surface area (Å²) in [5, 5.41) is 4.17. The molecule has 0 aromatic carbocycles. The highest BCUT2D eigenvalue weighted by molar-refractivity contribution is 7.08. The zero-order chi connectivity index (χ0) is 18.1. The van der Waals surface area contributed by atoms with Gasteiger partial charge in [0.2, 0.25) is 8.32 Å². The van der Waals surface area contributed by atoms with Crippen molar-refractivity contribution >= 4 is 42.0 Å². The van der Waals surface area contributed by atoms with E-state index >= 15 is 0 Å². The minimum absolute atomic E-state index is 0.0576. The number of hydrogen-bond donors (Lipinski definition) is 0. The van der Waals surface area contributed by atoms with Crippen LogP contribution < -0.4 is 0 Å². The Balaban J connectivity index is 3.26. The molecule has 0 aliphatic carbocycles. The molecule has 23 heavy (non-hydrogen) atoms. The van der Waals surface area contributed by atoms with Crippen LogP contribution in [0.1, 0.15) is 11.7 Å². The second-order valence-electron chi connectivity index (χ2n) is 9.08. The molecule has 132 valence electrons. The maximum absolute atomic E-state index is 13.0. The summed E-state index contributed by atoms with van der Waals surface area (Å²) in [6, 6.07) is 2.09. The second kappa shape index (κ2) is 7.35. The Labute approximate surface area is 148 Å². The van der Waals surface area contributed by atoms with E-state index in [-0.39, 0.29) is 17.6 Å². The monoisotopic (exact) mass is 388 g/mol. The van der Waals surface area contributed by atoms with Crippen LogP contribution >= 0.6 is 11.3 Å². The van der Waals surface area contributed by atoms with Gasteiger partial charge < -0.3 is 8.85 Å². The van der Waals surface area contributed by atoms with Crippen molar-refractivity contribution in [3.05, 3.63) is 22.4 Å². The fraction of sp³-hybridized carbons (Fsp3) is 0.688. The molecule has 1 aromatic heterocycles. The molecule has 0 unspecified atom stereocenters. The third kappa shape index (κ3) is 7.04. The SMILES string of the molecule is C[Si](C)(C)OC(=O)[C@H]([C@H](O[Si](C)(C)C)c1ccsc1)[Si](C)(C)C. The Bertz CT molecular complexity index is 510. The molecule has 0 bridgehead atoms. The Morgan fingerprint density at radius 3 is 1.91 bits per heavy atom. The third-order valence-corrected chi connectivity index (χ3v) is 8.13. The summed E-state index contributed by atoms with van der Waals surface area (Å²) >= 11 is 1.65. The summed E-state index contributed by atoms with van der Waals surface area (Å²) in [6.07, 6.45) is -0.177. The summed E-state index contributed by atoms with van der Waals surface area (Å²) in [7, 11) is -5.53. The van der Waals surface area contributed by atoms with E-state index in [2.05, 4.69) is 75.7 Å². The van der Waals surface area contributed by atoms with Crippen molar-refractivity contribution in [1.82, 2.24) is 0 Å². The van der Waals surface area contributed by atoms with E-state index in [0.717, 1.165) is 5.56 Å². The van der Waals surface area contributed by atoms with Gasteiger partial charge in [-0.05, 0) is 61.7 Å². The maximum Gasteiger partial charge on any atom is 0.295 e. The molecule has 0 radical (unpaired) electrons. The van der Waals surface area contributed by atoms with Gasteiger partial charge in [0, 0.05) is 0 Å². The van der Waals surface area contributed by atoms with Gasteiger partial charge in [0.15, 0.2) is 8.32 Å². The Hall–Kier alpha value is -0.219.